The zero-order valence-corrected chi connectivity index (χ0v) is 21.1. The Bertz CT molecular complexity index is 801. The Morgan fingerprint density at radius 2 is 1.85 bits per heavy atom. The zero-order valence-electron chi connectivity index (χ0n) is 21.1. The minimum absolute atomic E-state index is 0.237. The van der Waals surface area contributed by atoms with E-state index in [1.165, 1.54) is 0 Å². The molecule has 0 heterocycles. The topological polar surface area (TPSA) is 87.7 Å². The van der Waals surface area contributed by atoms with Crippen molar-refractivity contribution in [2.24, 2.45) is 0 Å². The summed E-state index contributed by atoms with van der Waals surface area (Å²) in [5, 5.41) is 5.59. The van der Waals surface area contributed by atoms with Crippen LogP contribution in [0, 0.1) is 0 Å². The van der Waals surface area contributed by atoms with Gasteiger partial charge in [0, 0.05) is 13.1 Å². The molecule has 2 N–H and O–H groups in total. The van der Waals surface area contributed by atoms with E-state index in [1.807, 2.05) is 31.2 Å². The Kier molecular flexibility index (Phi) is 11.7. The molecule has 7 nitrogen and oxygen atoms in total. The molecular weight excluding hydrogens is 418 g/mol. The van der Waals surface area contributed by atoms with Crippen molar-refractivity contribution in [3.05, 3.63) is 42.0 Å². The van der Waals surface area contributed by atoms with Crippen LogP contribution >= 0.6 is 0 Å². The first-order chi connectivity index (χ1) is 15.5. The molecule has 0 spiro atoms. The van der Waals surface area contributed by atoms with Gasteiger partial charge in [0.05, 0.1) is 0 Å². The van der Waals surface area contributed by atoms with Crippen molar-refractivity contribution in [3.8, 4) is 0 Å². The molecule has 2 unspecified atom stereocenters. The number of alkyl carbamates (subject to hydrolysis) is 1. The Labute approximate surface area is 198 Å². The lowest BCUT2D eigenvalue weighted by molar-refractivity contribution is -0.142. The summed E-state index contributed by atoms with van der Waals surface area (Å²) in [4.78, 5) is 40.5. The van der Waals surface area contributed by atoms with Crippen LogP contribution in [0.4, 0.5) is 4.79 Å². The van der Waals surface area contributed by atoms with Crippen LogP contribution in [0.1, 0.15) is 84.4 Å². The Balaban J connectivity index is 3.21. The molecule has 0 saturated heterocycles. The molecule has 7 heteroatoms. The summed E-state index contributed by atoms with van der Waals surface area (Å²) in [6.45, 7) is 15.6. The van der Waals surface area contributed by atoms with E-state index in [9.17, 15) is 14.4 Å². The van der Waals surface area contributed by atoms with E-state index < -0.39 is 23.8 Å². The predicted octanol–water partition coefficient (Wildman–Crippen LogP) is 4.83. The number of nitrogens with zero attached hydrogens (tertiary/aromatic N) is 1. The van der Waals surface area contributed by atoms with Gasteiger partial charge in [-0.25, -0.2) is 4.79 Å². The van der Waals surface area contributed by atoms with Crippen molar-refractivity contribution in [1.82, 2.24) is 15.5 Å². The van der Waals surface area contributed by atoms with Crippen LogP contribution in [0.15, 0.2) is 30.8 Å². The number of unbranched alkanes of at least 4 members (excludes halogenated alkanes) is 2. The van der Waals surface area contributed by atoms with Gasteiger partial charge < -0.3 is 20.3 Å². The molecule has 184 valence electrons. The number of carbonyl (C=O) groups excluding carboxylic acids is 3. The molecular formula is C26H41N3O4. The number of amides is 3. The van der Waals surface area contributed by atoms with Crippen molar-refractivity contribution in [3.63, 3.8) is 0 Å². The third-order valence-corrected chi connectivity index (χ3v) is 4.95. The highest BCUT2D eigenvalue weighted by atomic mass is 16.6. The van der Waals surface area contributed by atoms with Gasteiger partial charge in [-0.15, -0.1) is 0 Å². The lowest BCUT2D eigenvalue weighted by Gasteiger charge is -2.33. The maximum atomic E-state index is 13.4. The van der Waals surface area contributed by atoms with E-state index in [-0.39, 0.29) is 11.8 Å². The molecule has 0 radical (unpaired) electrons. The van der Waals surface area contributed by atoms with Gasteiger partial charge in [-0.1, -0.05) is 57.5 Å². The van der Waals surface area contributed by atoms with E-state index in [0.29, 0.717) is 25.1 Å². The van der Waals surface area contributed by atoms with Gasteiger partial charge in [0.25, 0.3) is 0 Å². The van der Waals surface area contributed by atoms with Gasteiger partial charge in [-0.3, -0.25) is 9.59 Å². The van der Waals surface area contributed by atoms with Gasteiger partial charge in [0.2, 0.25) is 11.8 Å². The molecule has 0 aliphatic rings. The molecule has 1 rings (SSSR count). The second-order valence-electron chi connectivity index (χ2n) is 9.17. The summed E-state index contributed by atoms with van der Waals surface area (Å²) in [5.74, 6) is -0.584. The molecule has 1 aromatic rings. The highest BCUT2D eigenvalue weighted by molar-refractivity contribution is 5.92. The van der Waals surface area contributed by atoms with Crippen LogP contribution in [-0.4, -0.2) is 47.5 Å². The molecule has 0 aromatic heterocycles. The van der Waals surface area contributed by atoms with Crippen LogP contribution in [0.5, 0.6) is 0 Å². The minimum Gasteiger partial charge on any atom is -0.444 e. The number of hydrogen-bond donors (Lipinski definition) is 2. The van der Waals surface area contributed by atoms with Crippen molar-refractivity contribution in [2.45, 2.75) is 84.9 Å². The molecule has 1 aromatic carbocycles. The van der Waals surface area contributed by atoms with E-state index in [4.69, 9.17) is 4.74 Å². The molecule has 0 fully saturated rings. The van der Waals surface area contributed by atoms with Crippen molar-refractivity contribution in [1.29, 1.82) is 0 Å². The highest BCUT2D eigenvalue weighted by Gasteiger charge is 2.34. The fraction of sp³-hybridized carbons (Fsp3) is 0.577. The number of nitrogens with one attached hydrogen (secondary N) is 2. The fourth-order valence-corrected chi connectivity index (χ4v) is 3.41. The molecule has 3 amide bonds. The van der Waals surface area contributed by atoms with Crippen molar-refractivity contribution < 1.29 is 19.1 Å². The number of hydrogen-bond acceptors (Lipinski definition) is 4. The average Bonchev–Trinajstić information content (AvgIpc) is 2.74. The minimum atomic E-state index is -0.857. The Morgan fingerprint density at radius 1 is 1.15 bits per heavy atom. The number of carbonyl (C=O) groups is 3. The van der Waals surface area contributed by atoms with Crippen LogP contribution in [0.3, 0.4) is 0 Å². The number of ether oxygens (including phenoxy) is 1. The van der Waals surface area contributed by atoms with Crippen LogP contribution in [-0.2, 0) is 14.3 Å². The monoisotopic (exact) mass is 459 g/mol. The maximum absolute atomic E-state index is 13.4. The molecule has 2 atom stereocenters. The first-order valence-electron chi connectivity index (χ1n) is 11.8. The lowest BCUT2D eigenvalue weighted by Crippen LogP contribution is -2.52. The van der Waals surface area contributed by atoms with Crippen molar-refractivity contribution >= 4 is 24.0 Å². The van der Waals surface area contributed by atoms with Crippen LogP contribution < -0.4 is 10.6 Å². The largest absolute Gasteiger partial charge is 0.444 e. The summed E-state index contributed by atoms with van der Waals surface area (Å²) in [5.41, 5.74) is 0.883. The van der Waals surface area contributed by atoms with Gasteiger partial charge >= 0.3 is 6.09 Å². The second-order valence-corrected chi connectivity index (χ2v) is 9.17. The van der Waals surface area contributed by atoms with Crippen LogP contribution in [0.2, 0.25) is 0 Å². The first-order valence-corrected chi connectivity index (χ1v) is 11.8. The fourth-order valence-electron chi connectivity index (χ4n) is 3.41. The molecule has 0 bridgehead atoms. The summed E-state index contributed by atoms with van der Waals surface area (Å²) < 4.78 is 5.29. The zero-order chi connectivity index (χ0) is 25.0. The quantitative estimate of drug-likeness (QED) is 0.438. The van der Waals surface area contributed by atoms with Crippen molar-refractivity contribution in [2.75, 3.05) is 13.1 Å². The normalized spacial score (nSPS) is 12.9. The first kappa shape index (κ1) is 28.2. The molecule has 0 aliphatic carbocycles. The van der Waals surface area contributed by atoms with E-state index in [1.54, 1.807) is 38.7 Å². The summed E-state index contributed by atoms with van der Waals surface area (Å²) >= 11 is 0. The summed E-state index contributed by atoms with van der Waals surface area (Å²) in [6.07, 6.45) is 4.64. The smallest absolute Gasteiger partial charge is 0.408 e. The highest BCUT2D eigenvalue weighted by Crippen LogP contribution is 2.24. The third-order valence-electron chi connectivity index (χ3n) is 4.95. The van der Waals surface area contributed by atoms with E-state index >= 15 is 0 Å². The van der Waals surface area contributed by atoms with E-state index in [2.05, 4.69) is 24.1 Å². The summed E-state index contributed by atoms with van der Waals surface area (Å²) in [7, 11) is 0. The Hall–Kier alpha value is -2.83. The second kappa shape index (κ2) is 13.7. The lowest BCUT2D eigenvalue weighted by atomic mass is 10.00. The average molecular weight is 460 g/mol. The molecule has 0 aliphatic heterocycles. The summed E-state index contributed by atoms with van der Waals surface area (Å²) in [6, 6.07) is 5.77. The SMILES string of the molecule is C=Cc1cccc(C(C(=O)NCCCCC)N(CCC)C(=O)C(C)NC(=O)OC(C)(C)C)c1. The number of benzene rings is 1. The van der Waals surface area contributed by atoms with Gasteiger partial charge in [0.1, 0.15) is 17.7 Å². The third kappa shape index (κ3) is 9.68. The van der Waals surface area contributed by atoms with E-state index in [0.717, 1.165) is 24.8 Å². The van der Waals surface area contributed by atoms with Crippen LogP contribution in [0.25, 0.3) is 6.08 Å². The van der Waals surface area contributed by atoms with Gasteiger partial charge in [-0.2, -0.15) is 0 Å². The molecule has 0 saturated carbocycles. The van der Waals surface area contributed by atoms with Gasteiger partial charge in [-0.05, 0) is 57.7 Å². The molecule has 33 heavy (non-hydrogen) atoms. The maximum Gasteiger partial charge on any atom is 0.408 e. The standard InChI is InChI=1S/C26H41N3O4/c1-8-11-12-16-27-23(30)22(21-15-13-14-20(10-3)18-21)29(17-9-2)24(31)19(4)28-25(32)33-26(5,6)7/h10,13-15,18-19,22H,3,8-9,11-12,16-17H2,1-2,4-7H3,(H,27,30)(H,28,32). The predicted molar refractivity (Wildman–Crippen MR) is 133 cm³/mol. The number of rotatable bonds is 12. The van der Waals surface area contributed by atoms with Gasteiger partial charge in [0.15, 0.2) is 0 Å². The Morgan fingerprint density at radius 3 is 2.42 bits per heavy atom.